The molecule has 0 atom stereocenters. The van der Waals surface area contributed by atoms with Crippen LogP contribution in [0.5, 0.6) is 0 Å². The van der Waals surface area contributed by atoms with Gasteiger partial charge in [0.15, 0.2) is 0 Å². The van der Waals surface area contributed by atoms with Crippen molar-refractivity contribution in [2.45, 2.75) is 32.4 Å². The van der Waals surface area contributed by atoms with Crippen molar-refractivity contribution in [2.75, 3.05) is 19.7 Å². The zero-order valence-corrected chi connectivity index (χ0v) is 13.6. The highest BCUT2D eigenvalue weighted by atomic mass is 79.9. The smallest absolute Gasteiger partial charge is 0.329 e. The highest BCUT2D eigenvalue weighted by Crippen LogP contribution is 2.29. The first kappa shape index (κ1) is 15.5. The summed E-state index contributed by atoms with van der Waals surface area (Å²) >= 11 is 3.60. The molecule has 1 saturated heterocycles. The van der Waals surface area contributed by atoms with Crippen molar-refractivity contribution in [3.05, 3.63) is 15.9 Å². The summed E-state index contributed by atoms with van der Waals surface area (Å²) in [6.07, 6.45) is 0.897. The first-order chi connectivity index (χ1) is 9.34. The second kappa shape index (κ2) is 5.83. The van der Waals surface area contributed by atoms with Crippen LogP contribution in [0.4, 0.5) is 0 Å². The van der Waals surface area contributed by atoms with Crippen molar-refractivity contribution in [3.8, 4) is 0 Å². The molecule has 1 aromatic heterocycles. The minimum atomic E-state index is -0.924. The van der Waals surface area contributed by atoms with E-state index in [9.17, 15) is 4.79 Å². The van der Waals surface area contributed by atoms with Crippen LogP contribution in [0.2, 0.25) is 0 Å². The molecule has 0 amide bonds. The van der Waals surface area contributed by atoms with Crippen molar-refractivity contribution in [1.29, 1.82) is 0 Å². The Labute approximate surface area is 126 Å². The van der Waals surface area contributed by atoms with Crippen LogP contribution in [0.1, 0.15) is 25.2 Å². The number of carboxylic acids is 1. The Hall–Kier alpha value is -0.920. The highest BCUT2D eigenvalue weighted by Gasteiger charge is 2.40. The second-order valence-corrected chi connectivity index (χ2v) is 6.26. The normalized spacial score (nSPS) is 18.0. The van der Waals surface area contributed by atoms with Gasteiger partial charge in [-0.1, -0.05) is 6.92 Å². The molecule has 0 aliphatic carbocycles. The molecular weight excluding hydrogens is 326 g/mol. The molecule has 112 valence electrons. The van der Waals surface area contributed by atoms with E-state index in [0.717, 1.165) is 41.9 Å². The van der Waals surface area contributed by atoms with Crippen molar-refractivity contribution in [2.24, 2.45) is 7.05 Å². The Bertz CT molecular complexity index is 509. The maximum atomic E-state index is 10.5. The maximum absolute atomic E-state index is 10.5. The average molecular weight is 346 g/mol. The molecule has 1 fully saturated rings. The van der Waals surface area contributed by atoms with Crippen molar-refractivity contribution in [1.82, 2.24) is 14.7 Å². The number of rotatable bonds is 6. The molecule has 0 spiro atoms. The number of aryl methyl sites for hydroxylation is 2. The standard InChI is InChI=1S/C13H20BrN3O3/c1-4-9-12(14)10(16(3)15-9)5-17-7-13(2,8-17)20-6-11(18)19/h4-8H2,1-3H3,(H,18,19). The van der Waals surface area contributed by atoms with Crippen molar-refractivity contribution in [3.63, 3.8) is 0 Å². The van der Waals surface area contributed by atoms with Gasteiger partial charge in [-0.2, -0.15) is 5.10 Å². The van der Waals surface area contributed by atoms with Crippen LogP contribution in [0.15, 0.2) is 4.47 Å². The molecule has 1 aromatic rings. The van der Waals surface area contributed by atoms with Gasteiger partial charge in [-0.3, -0.25) is 9.58 Å². The van der Waals surface area contributed by atoms with Gasteiger partial charge in [-0.15, -0.1) is 0 Å². The number of ether oxygens (including phenoxy) is 1. The molecule has 0 saturated carbocycles. The lowest BCUT2D eigenvalue weighted by Crippen LogP contribution is -2.61. The lowest BCUT2D eigenvalue weighted by Gasteiger charge is -2.47. The van der Waals surface area contributed by atoms with Crippen LogP contribution >= 0.6 is 15.9 Å². The van der Waals surface area contributed by atoms with E-state index in [1.165, 1.54) is 0 Å². The monoisotopic (exact) mass is 345 g/mol. The van der Waals surface area contributed by atoms with Gasteiger partial charge < -0.3 is 9.84 Å². The summed E-state index contributed by atoms with van der Waals surface area (Å²) in [4.78, 5) is 12.8. The number of hydrogen-bond acceptors (Lipinski definition) is 4. The first-order valence-electron chi connectivity index (χ1n) is 6.63. The van der Waals surface area contributed by atoms with Crippen LogP contribution in [0.3, 0.4) is 0 Å². The molecule has 6 nitrogen and oxygen atoms in total. The molecule has 1 aliphatic heterocycles. The summed E-state index contributed by atoms with van der Waals surface area (Å²) in [6, 6.07) is 0. The SMILES string of the molecule is CCc1nn(C)c(CN2CC(C)(OCC(=O)O)C2)c1Br. The van der Waals surface area contributed by atoms with Gasteiger partial charge in [0, 0.05) is 26.7 Å². The van der Waals surface area contributed by atoms with Crippen molar-refractivity contribution >= 4 is 21.9 Å². The lowest BCUT2D eigenvalue weighted by molar-refractivity contribution is -0.166. The average Bonchev–Trinajstić information content (AvgIpc) is 2.61. The molecule has 1 aliphatic rings. The Morgan fingerprint density at radius 1 is 1.55 bits per heavy atom. The summed E-state index contributed by atoms with van der Waals surface area (Å²) in [6.45, 7) is 6.05. The number of hydrogen-bond donors (Lipinski definition) is 1. The van der Waals surface area contributed by atoms with Gasteiger partial charge in [0.25, 0.3) is 0 Å². The van der Waals surface area contributed by atoms with Gasteiger partial charge in [0.2, 0.25) is 0 Å². The molecule has 0 aromatic carbocycles. The minimum absolute atomic E-state index is 0.236. The molecule has 0 radical (unpaired) electrons. The Balaban J connectivity index is 1.91. The Kier molecular flexibility index (Phi) is 4.51. The molecular formula is C13H20BrN3O3. The zero-order valence-electron chi connectivity index (χ0n) is 12.0. The second-order valence-electron chi connectivity index (χ2n) is 5.46. The van der Waals surface area contributed by atoms with E-state index in [-0.39, 0.29) is 12.2 Å². The van der Waals surface area contributed by atoms with Crippen LogP contribution in [-0.4, -0.2) is 51.1 Å². The Morgan fingerprint density at radius 3 is 2.70 bits per heavy atom. The van der Waals surface area contributed by atoms with E-state index in [1.807, 2.05) is 18.7 Å². The van der Waals surface area contributed by atoms with Gasteiger partial charge in [0.05, 0.1) is 21.5 Å². The molecule has 7 heteroatoms. The van der Waals surface area contributed by atoms with Crippen LogP contribution < -0.4 is 0 Å². The fourth-order valence-corrected chi connectivity index (χ4v) is 3.28. The van der Waals surface area contributed by atoms with E-state index in [1.54, 1.807) is 0 Å². The molecule has 0 bridgehead atoms. The van der Waals surface area contributed by atoms with E-state index in [0.29, 0.717) is 0 Å². The third-order valence-corrected chi connectivity index (χ3v) is 4.45. The molecule has 20 heavy (non-hydrogen) atoms. The van der Waals surface area contributed by atoms with E-state index in [2.05, 4.69) is 32.9 Å². The number of aliphatic carboxylic acids is 1. The largest absolute Gasteiger partial charge is 0.480 e. The van der Waals surface area contributed by atoms with Gasteiger partial charge >= 0.3 is 5.97 Å². The predicted molar refractivity (Wildman–Crippen MR) is 77.6 cm³/mol. The number of likely N-dealkylation sites (tertiary alicyclic amines) is 1. The Morgan fingerprint density at radius 2 is 2.20 bits per heavy atom. The van der Waals surface area contributed by atoms with Crippen LogP contribution in [0, 0.1) is 0 Å². The number of carbonyl (C=O) groups is 1. The van der Waals surface area contributed by atoms with Gasteiger partial charge in [-0.25, -0.2) is 4.79 Å². The number of aromatic nitrogens is 2. The number of carboxylic acid groups (broad SMARTS) is 1. The van der Waals surface area contributed by atoms with Crippen LogP contribution in [-0.2, 0) is 29.5 Å². The summed E-state index contributed by atoms with van der Waals surface area (Å²) in [5, 5.41) is 13.1. The molecule has 2 heterocycles. The first-order valence-corrected chi connectivity index (χ1v) is 7.42. The zero-order chi connectivity index (χ0) is 14.9. The number of nitrogens with zero attached hydrogens (tertiary/aromatic N) is 3. The fraction of sp³-hybridized carbons (Fsp3) is 0.692. The summed E-state index contributed by atoms with van der Waals surface area (Å²) in [5.41, 5.74) is 1.85. The lowest BCUT2D eigenvalue weighted by atomic mass is 9.96. The highest BCUT2D eigenvalue weighted by molar-refractivity contribution is 9.10. The third kappa shape index (κ3) is 3.21. The topological polar surface area (TPSA) is 67.6 Å². The maximum Gasteiger partial charge on any atom is 0.329 e. The minimum Gasteiger partial charge on any atom is -0.480 e. The number of halogens is 1. The third-order valence-electron chi connectivity index (χ3n) is 3.54. The van der Waals surface area contributed by atoms with Gasteiger partial charge in [-0.05, 0) is 29.3 Å². The van der Waals surface area contributed by atoms with E-state index in [4.69, 9.17) is 9.84 Å². The molecule has 2 rings (SSSR count). The predicted octanol–water partition coefficient (Wildman–Crippen LogP) is 1.42. The van der Waals surface area contributed by atoms with E-state index < -0.39 is 5.97 Å². The van der Waals surface area contributed by atoms with Crippen molar-refractivity contribution < 1.29 is 14.6 Å². The van der Waals surface area contributed by atoms with Gasteiger partial charge in [0.1, 0.15) is 6.61 Å². The van der Waals surface area contributed by atoms with Crippen LogP contribution in [0.25, 0.3) is 0 Å². The summed E-state index contributed by atoms with van der Waals surface area (Å²) < 4.78 is 8.38. The fourth-order valence-electron chi connectivity index (χ4n) is 2.54. The molecule has 0 unspecified atom stereocenters. The van der Waals surface area contributed by atoms with E-state index >= 15 is 0 Å². The summed E-state index contributed by atoms with van der Waals surface area (Å²) in [5.74, 6) is -0.924. The summed E-state index contributed by atoms with van der Waals surface area (Å²) in [7, 11) is 1.94. The molecule has 1 N–H and O–H groups in total. The quantitative estimate of drug-likeness (QED) is 0.844.